The van der Waals surface area contributed by atoms with Crippen molar-refractivity contribution in [3.63, 3.8) is 0 Å². The van der Waals surface area contributed by atoms with Gasteiger partial charge in [-0.3, -0.25) is 14.5 Å². The van der Waals surface area contributed by atoms with Gasteiger partial charge in [0.2, 0.25) is 11.8 Å². The highest BCUT2D eigenvalue weighted by Crippen LogP contribution is 2.31. The van der Waals surface area contributed by atoms with E-state index in [1.165, 1.54) is 17.3 Å². The predicted octanol–water partition coefficient (Wildman–Crippen LogP) is 3.86. The number of hydrogen-bond acceptors (Lipinski definition) is 4. The van der Waals surface area contributed by atoms with Crippen LogP contribution in [-0.4, -0.2) is 40.2 Å². The number of carbonyl (C=O) groups is 2. The van der Waals surface area contributed by atoms with Crippen LogP contribution in [0.1, 0.15) is 17.5 Å². The maximum absolute atomic E-state index is 12.8. The molecule has 1 aliphatic heterocycles. The molecule has 2 aromatic rings. The summed E-state index contributed by atoms with van der Waals surface area (Å²) in [6.07, 6.45) is 2.57. The van der Waals surface area contributed by atoms with E-state index < -0.39 is 5.25 Å². The molecule has 0 spiro atoms. The van der Waals surface area contributed by atoms with Crippen molar-refractivity contribution in [2.24, 2.45) is 4.99 Å². The quantitative estimate of drug-likeness (QED) is 0.676. The Balaban J connectivity index is 1.60. The maximum atomic E-state index is 12.8. The van der Waals surface area contributed by atoms with Crippen molar-refractivity contribution in [1.29, 1.82) is 0 Å². The first kappa shape index (κ1) is 20.9. The van der Waals surface area contributed by atoms with E-state index in [2.05, 4.69) is 16.9 Å². The molecule has 0 aromatic heterocycles. The molecular formula is C23H25N3O2S. The largest absolute Gasteiger partial charge is 0.356 e. The first-order valence-corrected chi connectivity index (χ1v) is 10.5. The van der Waals surface area contributed by atoms with Gasteiger partial charge >= 0.3 is 0 Å². The average molecular weight is 408 g/mol. The van der Waals surface area contributed by atoms with Gasteiger partial charge in [0, 0.05) is 19.5 Å². The van der Waals surface area contributed by atoms with Gasteiger partial charge < -0.3 is 5.32 Å². The van der Waals surface area contributed by atoms with E-state index >= 15 is 0 Å². The van der Waals surface area contributed by atoms with Crippen LogP contribution in [0.2, 0.25) is 0 Å². The third kappa shape index (κ3) is 5.81. The molecule has 0 bridgehead atoms. The summed E-state index contributed by atoms with van der Waals surface area (Å²) in [7, 11) is 0. The zero-order valence-corrected chi connectivity index (χ0v) is 17.3. The topological polar surface area (TPSA) is 61.8 Å². The number of aryl methyl sites for hydroxylation is 1. The molecule has 0 saturated carbocycles. The van der Waals surface area contributed by atoms with Gasteiger partial charge in [0.25, 0.3) is 0 Å². The average Bonchev–Trinajstić information content (AvgIpc) is 2.99. The van der Waals surface area contributed by atoms with Crippen LogP contribution in [0.4, 0.5) is 5.69 Å². The Morgan fingerprint density at radius 2 is 1.93 bits per heavy atom. The Morgan fingerprint density at radius 1 is 1.21 bits per heavy atom. The van der Waals surface area contributed by atoms with Crippen LogP contribution >= 0.6 is 11.8 Å². The number of amidine groups is 1. The number of aliphatic imine (C=N–C) groups is 1. The number of rotatable bonds is 8. The van der Waals surface area contributed by atoms with Crippen molar-refractivity contribution in [3.05, 3.63) is 78.4 Å². The first-order valence-electron chi connectivity index (χ1n) is 9.61. The number of benzene rings is 2. The van der Waals surface area contributed by atoms with Crippen LogP contribution in [0, 0.1) is 6.92 Å². The van der Waals surface area contributed by atoms with Crippen LogP contribution in [-0.2, 0) is 16.0 Å². The second-order valence-electron chi connectivity index (χ2n) is 6.86. The summed E-state index contributed by atoms with van der Waals surface area (Å²) in [5, 5.41) is 3.06. The molecule has 1 N–H and O–H groups in total. The standard InChI is InChI=1S/C23H25N3O2S/c1-3-15-26-22(28)20(29-23(26)25-19-11-9-17(2)10-12-19)16-21(27)24-14-13-18-7-5-4-6-8-18/h3-12,20H,1,13-16H2,2H3,(H,24,27). The van der Waals surface area contributed by atoms with Gasteiger partial charge in [-0.2, -0.15) is 0 Å². The minimum absolute atomic E-state index is 0.0982. The van der Waals surface area contributed by atoms with E-state index in [0.717, 1.165) is 17.7 Å². The minimum atomic E-state index is -0.462. The van der Waals surface area contributed by atoms with Crippen LogP contribution in [0.15, 0.2) is 72.2 Å². The Hall–Kier alpha value is -2.86. The van der Waals surface area contributed by atoms with Gasteiger partial charge in [-0.25, -0.2) is 4.99 Å². The monoisotopic (exact) mass is 407 g/mol. The molecular weight excluding hydrogens is 382 g/mol. The smallest absolute Gasteiger partial charge is 0.242 e. The molecule has 5 nitrogen and oxygen atoms in total. The fraction of sp³-hybridized carbons (Fsp3) is 0.261. The van der Waals surface area contributed by atoms with Gasteiger partial charge in [0.15, 0.2) is 5.17 Å². The third-order valence-electron chi connectivity index (χ3n) is 4.54. The van der Waals surface area contributed by atoms with Crippen LogP contribution in [0.25, 0.3) is 0 Å². The van der Waals surface area contributed by atoms with Gasteiger partial charge in [-0.15, -0.1) is 6.58 Å². The summed E-state index contributed by atoms with van der Waals surface area (Å²) >= 11 is 1.34. The highest BCUT2D eigenvalue weighted by atomic mass is 32.2. The summed E-state index contributed by atoms with van der Waals surface area (Å²) < 4.78 is 0. The number of thioether (sulfide) groups is 1. The van der Waals surface area contributed by atoms with Crippen molar-refractivity contribution in [2.45, 2.75) is 25.0 Å². The zero-order chi connectivity index (χ0) is 20.6. The molecule has 6 heteroatoms. The lowest BCUT2D eigenvalue weighted by molar-refractivity contribution is -0.129. The highest BCUT2D eigenvalue weighted by molar-refractivity contribution is 8.15. The van der Waals surface area contributed by atoms with Gasteiger partial charge in [-0.05, 0) is 31.0 Å². The van der Waals surface area contributed by atoms with Crippen molar-refractivity contribution in [1.82, 2.24) is 10.2 Å². The van der Waals surface area contributed by atoms with E-state index in [1.807, 2.05) is 61.5 Å². The van der Waals surface area contributed by atoms with E-state index in [-0.39, 0.29) is 18.2 Å². The second-order valence-corrected chi connectivity index (χ2v) is 8.03. The number of nitrogens with zero attached hydrogens (tertiary/aromatic N) is 2. The van der Waals surface area contributed by atoms with Gasteiger partial charge in [0.05, 0.1) is 5.69 Å². The Labute approximate surface area is 175 Å². The number of hydrogen-bond donors (Lipinski definition) is 1. The van der Waals surface area contributed by atoms with Gasteiger partial charge in [0.1, 0.15) is 5.25 Å². The van der Waals surface area contributed by atoms with E-state index in [4.69, 9.17) is 0 Å². The summed E-state index contributed by atoms with van der Waals surface area (Å²) in [6.45, 7) is 6.67. The molecule has 2 amide bonds. The second kappa shape index (κ2) is 10.1. The molecule has 1 atom stereocenters. The first-order chi connectivity index (χ1) is 14.1. The van der Waals surface area contributed by atoms with E-state index in [0.29, 0.717) is 18.3 Å². The summed E-state index contributed by atoms with van der Waals surface area (Å²) in [6, 6.07) is 17.8. The van der Waals surface area contributed by atoms with Crippen LogP contribution < -0.4 is 5.32 Å². The number of carbonyl (C=O) groups excluding carboxylic acids is 2. The molecule has 29 heavy (non-hydrogen) atoms. The Morgan fingerprint density at radius 3 is 2.62 bits per heavy atom. The molecule has 1 fully saturated rings. The van der Waals surface area contributed by atoms with Crippen molar-refractivity contribution < 1.29 is 9.59 Å². The lowest BCUT2D eigenvalue weighted by atomic mass is 10.1. The molecule has 150 valence electrons. The molecule has 1 unspecified atom stereocenters. The van der Waals surface area contributed by atoms with Gasteiger partial charge in [-0.1, -0.05) is 65.9 Å². The summed E-state index contributed by atoms with van der Waals surface area (Å²) in [4.78, 5) is 31.3. The molecule has 2 aromatic carbocycles. The number of amides is 2. The minimum Gasteiger partial charge on any atom is -0.356 e. The zero-order valence-electron chi connectivity index (χ0n) is 16.5. The molecule has 0 aliphatic carbocycles. The SMILES string of the molecule is C=CCN1C(=O)C(CC(=O)NCCc2ccccc2)SC1=Nc1ccc(C)cc1. The molecule has 3 rings (SSSR count). The van der Waals surface area contributed by atoms with Crippen LogP contribution in [0.5, 0.6) is 0 Å². The van der Waals surface area contributed by atoms with E-state index in [9.17, 15) is 9.59 Å². The fourth-order valence-corrected chi connectivity index (χ4v) is 4.15. The lowest BCUT2D eigenvalue weighted by Gasteiger charge is -2.13. The molecule has 1 aliphatic rings. The molecule has 1 heterocycles. The summed E-state index contributed by atoms with van der Waals surface area (Å²) in [5.74, 6) is -0.221. The molecule has 0 radical (unpaired) electrons. The Kier molecular flexibility index (Phi) is 7.25. The maximum Gasteiger partial charge on any atom is 0.242 e. The number of nitrogens with one attached hydrogen (secondary N) is 1. The third-order valence-corrected chi connectivity index (χ3v) is 5.72. The lowest BCUT2D eigenvalue weighted by Crippen LogP contribution is -2.35. The van der Waals surface area contributed by atoms with Crippen LogP contribution in [0.3, 0.4) is 0 Å². The molecule has 1 saturated heterocycles. The normalized spacial score (nSPS) is 17.6. The Bertz CT molecular complexity index is 894. The van der Waals surface area contributed by atoms with Crippen molar-refractivity contribution in [2.75, 3.05) is 13.1 Å². The summed E-state index contributed by atoms with van der Waals surface area (Å²) in [5.41, 5.74) is 3.11. The fourth-order valence-electron chi connectivity index (χ4n) is 2.98. The van der Waals surface area contributed by atoms with Crippen molar-refractivity contribution in [3.8, 4) is 0 Å². The highest BCUT2D eigenvalue weighted by Gasteiger charge is 2.38. The predicted molar refractivity (Wildman–Crippen MR) is 119 cm³/mol. The van der Waals surface area contributed by atoms with Crippen molar-refractivity contribution >= 4 is 34.4 Å². The van der Waals surface area contributed by atoms with E-state index in [1.54, 1.807) is 11.0 Å².